The second-order valence-corrected chi connectivity index (χ2v) is 7.32. The van der Waals surface area contributed by atoms with Crippen molar-refractivity contribution >= 4 is 5.97 Å². The van der Waals surface area contributed by atoms with Crippen molar-refractivity contribution in [2.45, 2.75) is 96.8 Å². The fourth-order valence-corrected chi connectivity index (χ4v) is 3.44. The molecule has 0 atom stereocenters. The third-order valence-electron chi connectivity index (χ3n) is 4.95. The third kappa shape index (κ3) is 9.45. The normalized spacial score (nSPS) is 19.5. The Hall–Kier alpha value is -0.570. The fourth-order valence-electron chi connectivity index (χ4n) is 3.44. The van der Waals surface area contributed by atoms with Crippen LogP contribution >= 0.6 is 0 Å². The topological polar surface area (TPSA) is 46.5 Å². The van der Waals surface area contributed by atoms with Gasteiger partial charge in [0.05, 0.1) is 13.0 Å². The maximum atomic E-state index is 12.1. The van der Waals surface area contributed by atoms with E-state index in [1.54, 1.807) is 0 Å². The van der Waals surface area contributed by atoms with Gasteiger partial charge in [-0.2, -0.15) is 0 Å². The molecule has 0 spiro atoms. The van der Waals surface area contributed by atoms with Crippen molar-refractivity contribution in [1.29, 1.82) is 0 Å². The van der Waals surface area contributed by atoms with Crippen molar-refractivity contribution in [1.82, 2.24) is 0 Å². The summed E-state index contributed by atoms with van der Waals surface area (Å²) >= 11 is 0. The van der Waals surface area contributed by atoms with E-state index in [4.69, 9.17) is 9.84 Å². The number of rotatable bonds is 8. The first-order chi connectivity index (χ1) is 10.7. The van der Waals surface area contributed by atoms with E-state index in [-0.39, 0.29) is 18.0 Å². The van der Waals surface area contributed by atoms with Crippen molar-refractivity contribution in [3.63, 3.8) is 0 Å². The third-order valence-corrected chi connectivity index (χ3v) is 4.95. The van der Waals surface area contributed by atoms with Gasteiger partial charge in [0, 0.05) is 6.61 Å². The number of hydrogen-bond acceptors (Lipinski definition) is 3. The molecule has 1 saturated carbocycles. The Balaban J connectivity index is 2.23. The number of ether oxygens (including phenoxy) is 1. The highest BCUT2D eigenvalue weighted by Gasteiger charge is 2.27. The van der Waals surface area contributed by atoms with Crippen molar-refractivity contribution in [2.75, 3.05) is 13.2 Å². The number of unbranched alkanes of at least 4 members (excludes halogenated alkanes) is 3. The van der Waals surface area contributed by atoms with Crippen LogP contribution < -0.4 is 0 Å². The van der Waals surface area contributed by atoms with Crippen LogP contribution in [0.15, 0.2) is 0 Å². The predicted octanol–water partition coefficient (Wildman–Crippen LogP) is 5.00. The molecule has 1 fully saturated rings. The summed E-state index contributed by atoms with van der Waals surface area (Å²) in [7, 11) is 0. The summed E-state index contributed by atoms with van der Waals surface area (Å²) in [5.74, 6) is -0.0123. The molecule has 0 aromatic heterocycles. The van der Waals surface area contributed by atoms with Gasteiger partial charge >= 0.3 is 5.97 Å². The summed E-state index contributed by atoms with van der Waals surface area (Å²) in [6.07, 6.45) is 16.0. The van der Waals surface area contributed by atoms with Crippen LogP contribution in [0.2, 0.25) is 0 Å². The van der Waals surface area contributed by atoms with Crippen LogP contribution in [-0.2, 0) is 9.53 Å². The Bertz CT molecular complexity index is 278. The fraction of sp³-hybridized carbons (Fsp3) is 0.947. The average molecular weight is 312 g/mol. The Labute approximate surface area is 136 Å². The maximum absolute atomic E-state index is 12.1. The van der Waals surface area contributed by atoms with E-state index in [1.165, 1.54) is 57.8 Å². The minimum atomic E-state index is -0.0123. The molecular formula is C19H36O3. The van der Waals surface area contributed by atoms with Crippen molar-refractivity contribution in [3.05, 3.63) is 0 Å². The summed E-state index contributed by atoms with van der Waals surface area (Å²) in [6.45, 7) is 3.08. The van der Waals surface area contributed by atoms with Gasteiger partial charge in [-0.15, -0.1) is 0 Å². The van der Waals surface area contributed by atoms with Crippen LogP contribution in [0.25, 0.3) is 0 Å². The van der Waals surface area contributed by atoms with Gasteiger partial charge in [-0.1, -0.05) is 58.3 Å². The monoisotopic (exact) mass is 312 g/mol. The largest absolute Gasteiger partial charge is 0.466 e. The Kier molecular flexibility index (Phi) is 10.6. The lowest BCUT2D eigenvalue weighted by Gasteiger charge is -2.29. The van der Waals surface area contributed by atoms with E-state index in [0.717, 1.165) is 25.7 Å². The number of aliphatic hydroxyl groups excluding tert-OH is 1. The summed E-state index contributed by atoms with van der Waals surface area (Å²) < 4.78 is 5.42. The molecule has 1 aliphatic carbocycles. The summed E-state index contributed by atoms with van der Waals surface area (Å²) in [4.78, 5) is 12.1. The quantitative estimate of drug-likeness (QED) is 0.506. The van der Waals surface area contributed by atoms with E-state index in [9.17, 15) is 4.79 Å². The lowest BCUT2D eigenvalue weighted by molar-refractivity contribution is -0.146. The molecule has 1 N–H and O–H groups in total. The average Bonchev–Trinajstić information content (AvgIpc) is 2.49. The van der Waals surface area contributed by atoms with Crippen LogP contribution in [0.5, 0.6) is 0 Å². The Morgan fingerprint density at radius 1 is 0.909 bits per heavy atom. The standard InChI is InChI=1S/C19H36O3/c1-19(13-9-5-3-2-4-6-10-14-19)17-18(21)22-16-12-8-7-11-15-20/h20H,2-17H2,1H3. The number of carbonyl (C=O) groups is 1. The zero-order chi connectivity index (χ0) is 16.1. The molecule has 0 bridgehead atoms. The van der Waals surface area contributed by atoms with Gasteiger partial charge in [0.2, 0.25) is 0 Å². The highest BCUT2D eigenvalue weighted by molar-refractivity contribution is 5.70. The van der Waals surface area contributed by atoms with Crippen molar-refractivity contribution in [3.8, 4) is 0 Å². The van der Waals surface area contributed by atoms with Gasteiger partial charge < -0.3 is 9.84 Å². The molecular weight excluding hydrogens is 276 g/mol. The molecule has 0 saturated heterocycles. The van der Waals surface area contributed by atoms with E-state index in [2.05, 4.69) is 6.92 Å². The minimum absolute atomic E-state index is 0.0123. The second-order valence-electron chi connectivity index (χ2n) is 7.32. The number of hydrogen-bond donors (Lipinski definition) is 1. The highest BCUT2D eigenvalue weighted by Crippen LogP contribution is 2.36. The molecule has 0 aliphatic heterocycles. The van der Waals surface area contributed by atoms with Crippen LogP contribution in [0.1, 0.15) is 96.8 Å². The molecule has 130 valence electrons. The Morgan fingerprint density at radius 2 is 1.45 bits per heavy atom. The van der Waals surface area contributed by atoms with E-state index >= 15 is 0 Å². The molecule has 0 heterocycles. The number of esters is 1. The van der Waals surface area contributed by atoms with E-state index in [1.807, 2.05) is 0 Å². The summed E-state index contributed by atoms with van der Waals surface area (Å²) in [5.41, 5.74) is 0.144. The van der Waals surface area contributed by atoms with Crippen molar-refractivity contribution < 1.29 is 14.6 Å². The SMILES string of the molecule is CC1(CC(=O)OCCCCCCO)CCCCCCCCC1. The lowest BCUT2D eigenvalue weighted by atomic mass is 9.76. The number of aliphatic hydroxyl groups is 1. The first-order valence-corrected chi connectivity index (χ1v) is 9.43. The van der Waals surface area contributed by atoms with Gasteiger partial charge in [-0.05, 0) is 37.5 Å². The molecule has 1 rings (SSSR count). The molecule has 0 radical (unpaired) electrons. The van der Waals surface area contributed by atoms with Gasteiger partial charge in [-0.3, -0.25) is 4.79 Å². The van der Waals surface area contributed by atoms with Crippen LogP contribution in [0.3, 0.4) is 0 Å². The molecule has 1 aliphatic rings. The summed E-state index contributed by atoms with van der Waals surface area (Å²) in [6, 6.07) is 0. The molecule has 22 heavy (non-hydrogen) atoms. The van der Waals surface area contributed by atoms with Gasteiger partial charge in [-0.25, -0.2) is 0 Å². The molecule has 3 heteroatoms. The highest BCUT2D eigenvalue weighted by atomic mass is 16.5. The molecule has 0 unspecified atom stereocenters. The smallest absolute Gasteiger partial charge is 0.306 e. The number of carbonyl (C=O) groups excluding carboxylic acids is 1. The van der Waals surface area contributed by atoms with Gasteiger partial charge in [0.25, 0.3) is 0 Å². The lowest BCUT2D eigenvalue weighted by Crippen LogP contribution is -2.23. The predicted molar refractivity (Wildman–Crippen MR) is 90.8 cm³/mol. The van der Waals surface area contributed by atoms with E-state index in [0.29, 0.717) is 13.0 Å². The minimum Gasteiger partial charge on any atom is -0.466 e. The van der Waals surface area contributed by atoms with Gasteiger partial charge in [0.1, 0.15) is 0 Å². The first-order valence-electron chi connectivity index (χ1n) is 9.43. The van der Waals surface area contributed by atoms with Crippen LogP contribution in [0, 0.1) is 5.41 Å². The second kappa shape index (κ2) is 11.9. The van der Waals surface area contributed by atoms with Crippen molar-refractivity contribution in [2.24, 2.45) is 5.41 Å². The molecule has 3 nitrogen and oxygen atoms in total. The molecule has 0 aromatic rings. The van der Waals surface area contributed by atoms with Crippen LogP contribution in [-0.4, -0.2) is 24.3 Å². The first kappa shape index (κ1) is 19.5. The van der Waals surface area contributed by atoms with Gasteiger partial charge in [0.15, 0.2) is 0 Å². The summed E-state index contributed by atoms with van der Waals surface area (Å²) in [5, 5.41) is 8.72. The zero-order valence-corrected chi connectivity index (χ0v) is 14.6. The van der Waals surface area contributed by atoms with E-state index < -0.39 is 0 Å². The zero-order valence-electron chi connectivity index (χ0n) is 14.6. The molecule has 0 amide bonds. The Morgan fingerprint density at radius 3 is 2.05 bits per heavy atom. The maximum Gasteiger partial charge on any atom is 0.306 e. The molecule has 0 aromatic carbocycles. The van der Waals surface area contributed by atoms with Crippen LogP contribution in [0.4, 0.5) is 0 Å².